The maximum absolute atomic E-state index is 4.71. The number of aromatic nitrogens is 1. The first-order valence-electron chi connectivity index (χ1n) is 17.5. The second kappa shape index (κ2) is 10.7. The molecule has 0 fully saturated rings. The highest BCUT2D eigenvalue weighted by atomic mass is 14.6. The Bertz CT molecular complexity index is 2570. The van der Waals surface area contributed by atoms with Crippen LogP contribution in [0.1, 0.15) is 47.2 Å². The summed E-state index contributed by atoms with van der Waals surface area (Å²) in [4.78, 5) is 4.71. The molecule has 0 saturated carbocycles. The molecule has 0 bridgehead atoms. The highest BCUT2D eigenvalue weighted by molar-refractivity contribution is 5.95. The van der Waals surface area contributed by atoms with E-state index in [1.165, 1.54) is 72.3 Å². The van der Waals surface area contributed by atoms with Gasteiger partial charge in [0.05, 0.1) is 10.9 Å². The minimum Gasteiger partial charge on any atom is -0.256 e. The zero-order chi connectivity index (χ0) is 33.5. The van der Waals surface area contributed by atoms with Gasteiger partial charge in [0, 0.05) is 22.6 Å². The van der Waals surface area contributed by atoms with Crippen LogP contribution in [0.3, 0.4) is 0 Å². The third-order valence-corrected chi connectivity index (χ3v) is 11.4. The van der Waals surface area contributed by atoms with Crippen molar-refractivity contribution >= 4 is 10.9 Å². The first kappa shape index (κ1) is 28.9. The SMILES string of the molecule is CC1(C)c2ccccc2C2(c3ccccc3-c3ccccc32)c2cc(-c3ccccc3-c3ccc(-c4cccc5cccnc45)cc3)ccc21. The summed E-state index contributed by atoms with van der Waals surface area (Å²) in [5.74, 6) is 0. The lowest BCUT2D eigenvalue weighted by molar-refractivity contribution is 0.563. The fraction of sp³-hybridized carbons (Fsp3) is 0.0816. The molecule has 10 rings (SSSR count). The van der Waals surface area contributed by atoms with Crippen LogP contribution in [0.4, 0.5) is 0 Å². The van der Waals surface area contributed by atoms with E-state index in [-0.39, 0.29) is 5.41 Å². The maximum atomic E-state index is 4.71. The highest BCUT2D eigenvalue weighted by Gasteiger charge is 2.53. The fourth-order valence-electron chi connectivity index (χ4n) is 9.18. The van der Waals surface area contributed by atoms with Crippen LogP contribution >= 0.6 is 0 Å². The van der Waals surface area contributed by atoms with Crippen molar-refractivity contribution in [2.24, 2.45) is 0 Å². The van der Waals surface area contributed by atoms with E-state index in [0.29, 0.717) is 0 Å². The molecule has 8 aromatic rings. The van der Waals surface area contributed by atoms with Gasteiger partial charge in [0.25, 0.3) is 0 Å². The Morgan fingerprint density at radius 3 is 1.52 bits per heavy atom. The second-order valence-corrected chi connectivity index (χ2v) is 14.3. The van der Waals surface area contributed by atoms with E-state index in [1.54, 1.807) is 0 Å². The first-order valence-corrected chi connectivity index (χ1v) is 17.5. The van der Waals surface area contributed by atoms with Crippen molar-refractivity contribution in [3.63, 3.8) is 0 Å². The molecule has 2 aliphatic rings. The van der Waals surface area contributed by atoms with Gasteiger partial charge in [-0.3, -0.25) is 4.98 Å². The molecule has 1 heteroatoms. The highest BCUT2D eigenvalue weighted by Crippen LogP contribution is 2.62. The van der Waals surface area contributed by atoms with E-state index in [1.807, 2.05) is 12.3 Å². The van der Waals surface area contributed by atoms with Gasteiger partial charge in [-0.2, -0.15) is 0 Å². The molecule has 1 heterocycles. The van der Waals surface area contributed by atoms with Gasteiger partial charge in [0.2, 0.25) is 0 Å². The average Bonchev–Trinajstić information content (AvgIpc) is 3.48. The van der Waals surface area contributed by atoms with Crippen molar-refractivity contribution in [2.45, 2.75) is 24.7 Å². The Labute approximate surface area is 293 Å². The molecule has 0 unspecified atom stereocenters. The molecule has 50 heavy (non-hydrogen) atoms. The average molecular weight is 638 g/mol. The summed E-state index contributed by atoms with van der Waals surface area (Å²) in [6.45, 7) is 4.79. The lowest BCUT2D eigenvalue weighted by Crippen LogP contribution is -2.40. The molecular formula is C49H35N. The lowest BCUT2D eigenvalue weighted by Gasteiger charge is -2.47. The van der Waals surface area contributed by atoms with E-state index < -0.39 is 5.41 Å². The van der Waals surface area contributed by atoms with Gasteiger partial charge in [0.1, 0.15) is 0 Å². The maximum Gasteiger partial charge on any atom is 0.0780 e. The van der Waals surface area contributed by atoms with E-state index in [0.717, 1.165) is 16.5 Å². The van der Waals surface area contributed by atoms with Gasteiger partial charge >= 0.3 is 0 Å². The van der Waals surface area contributed by atoms with Crippen LogP contribution in [0, 0.1) is 0 Å². The molecule has 1 spiro atoms. The van der Waals surface area contributed by atoms with Gasteiger partial charge in [-0.1, -0.05) is 172 Å². The zero-order valence-electron chi connectivity index (χ0n) is 28.2. The molecule has 2 aliphatic carbocycles. The monoisotopic (exact) mass is 637 g/mol. The van der Waals surface area contributed by atoms with Crippen LogP contribution in [0.5, 0.6) is 0 Å². The molecular weight excluding hydrogens is 603 g/mol. The molecule has 0 radical (unpaired) electrons. The summed E-state index contributed by atoms with van der Waals surface area (Å²) in [5.41, 5.74) is 18.6. The van der Waals surface area contributed by atoms with Crippen LogP contribution in [0.15, 0.2) is 176 Å². The van der Waals surface area contributed by atoms with Crippen LogP contribution in [0.2, 0.25) is 0 Å². The smallest absolute Gasteiger partial charge is 0.0780 e. The number of para-hydroxylation sites is 1. The summed E-state index contributed by atoms with van der Waals surface area (Å²) in [7, 11) is 0. The predicted octanol–water partition coefficient (Wildman–Crippen LogP) is 12.2. The number of rotatable bonds is 3. The van der Waals surface area contributed by atoms with E-state index >= 15 is 0 Å². The molecule has 0 N–H and O–H groups in total. The molecule has 1 aromatic heterocycles. The number of fused-ring (bicyclic) bond motifs is 10. The number of pyridine rings is 1. The molecule has 0 aliphatic heterocycles. The minimum absolute atomic E-state index is 0.159. The second-order valence-electron chi connectivity index (χ2n) is 14.3. The summed E-state index contributed by atoms with van der Waals surface area (Å²) in [6, 6.07) is 63.0. The van der Waals surface area contributed by atoms with E-state index in [4.69, 9.17) is 4.98 Å². The van der Waals surface area contributed by atoms with Gasteiger partial charge < -0.3 is 0 Å². The normalized spacial score (nSPS) is 14.5. The molecule has 7 aromatic carbocycles. The van der Waals surface area contributed by atoms with Crippen LogP contribution in [0.25, 0.3) is 55.4 Å². The predicted molar refractivity (Wildman–Crippen MR) is 207 cm³/mol. The van der Waals surface area contributed by atoms with Crippen molar-refractivity contribution in [3.05, 3.63) is 209 Å². The quantitative estimate of drug-likeness (QED) is 0.188. The molecule has 0 atom stereocenters. The number of nitrogens with zero attached hydrogens (tertiary/aromatic N) is 1. The first-order chi connectivity index (χ1) is 24.6. The Kier molecular flexibility index (Phi) is 6.20. The Hall–Kier alpha value is -6.05. The molecule has 1 nitrogen and oxygen atoms in total. The van der Waals surface area contributed by atoms with Crippen molar-refractivity contribution < 1.29 is 0 Å². The zero-order valence-corrected chi connectivity index (χ0v) is 28.2. The minimum atomic E-state index is -0.409. The third-order valence-electron chi connectivity index (χ3n) is 11.4. The standard InChI is InChI=1S/C49H35N/c1-48(2)43-22-9-10-23-45(43)49(41-20-7-5-17-39(41)40-18-6-8-21-42(40)49)46-31-35(28-29-44(46)48)37-16-4-3-15-36(37)32-24-26-33(27-25-32)38-19-11-13-34-14-12-30-50-47(34)38/h3-31H,1-2H3. The number of hydrogen-bond acceptors (Lipinski definition) is 1. The molecule has 236 valence electrons. The Balaban J connectivity index is 1.18. The Morgan fingerprint density at radius 1 is 0.360 bits per heavy atom. The number of benzene rings is 7. The summed E-state index contributed by atoms with van der Waals surface area (Å²) >= 11 is 0. The van der Waals surface area contributed by atoms with E-state index in [9.17, 15) is 0 Å². The summed E-state index contributed by atoms with van der Waals surface area (Å²) in [5, 5.41) is 1.16. The third kappa shape index (κ3) is 3.92. The van der Waals surface area contributed by atoms with Crippen LogP contribution in [-0.2, 0) is 10.8 Å². The van der Waals surface area contributed by atoms with Gasteiger partial charge in [-0.25, -0.2) is 0 Å². The molecule has 0 saturated heterocycles. The van der Waals surface area contributed by atoms with Gasteiger partial charge in [-0.15, -0.1) is 0 Å². The fourth-order valence-corrected chi connectivity index (χ4v) is 9.18. The van der Waals surface area contributed by atoms with Crippen molar-refractivity contribution in [3.8, 4) is 44.5 Å². The van der Waals surface area contributed by atoms with Crippen LogP contribution in [-0.4, -0.2) is 4.98 Å². The van der Waals surface area contributed by atoms with Gasteiger partial charge in [-0.05, 0) is 84.5 Å². The summed E-state index contributed by atoms with van der Waals surface area (Å²) in [6.07, 6.45) is 1.88. The van der Waals surface area contributed by atoms with Crippen molar-refractivity contribution in [1.82, 2.24) is 4.98 Å². The molecule has 0 amide bonds. The van der Waals surface area contributed by atoms with Crippen molar-refractivity contribution in [1.29, 1.82) is 0 Å². The van der Waals surface area contributed by atoms with E-state index in [2.05, 4.69) is 178 Å². The summed E-state index contributed by atoms with van der Waals surface area (Å²) < 4.78 is 0. The van der Waals surface area contributed by atoms with Crippen LogP contribution < -0.4 is 0 Å². The van der Waals surface area contributed by atoms with Gasteiger partial charge in [0.15, 0.2) is 0 Å². The Morgan fingerprint density at radius 2 is 0.840 bits per heavy atom. The number of hydrogen-bond donors (Lipinski definition) is 0. The largest absolute Gasteiger partial charge is 0.256 e. The lowest BCUT2D eigenvalue weighted by atomic mass is 9.55. The van der Waals surface area contributed by atoms with Crippen molar-refractivity contribution in [2.75, 3.05) is 0 Å². The topological polar surface area (TPSA) is 12.9 Å².